The highest BCUT2D eigenvalue weighted by molar-refractivity contribution is 5.79. The maximum absolute atomic E-state index is 5.38. The van der Waals surface area contributed by atoms with Crippen LogP contribution in [0.5, 0.6) is 11.5 Å². The van der Waals surface area contributed by atoms with E-state index in [1.54, 1.807) is 14.2 Å². The Morgan fingerprint density at radius 2 is 1.70 bits per heavy atom. The van der Waals surface area contributed by atoms with Crippen molar-refractivity contribution in [1.82, 2.24) is 15.6 Å². The van der Waals surface area contributed by atoms with Gasteiger partial charge < -0.3 is 25.0 Å². The number of aliphatic imine (C=N–C) groups is 1. The van der Waals surface area contributed by atoms with Gasteiger partial charge >= 0.3 is 0 Å². The van der Waals surface area contributed by atoms with Crippen LogP contribution in [0.2, 0.25) is 0 Å². The van der Waals surface area contributed by atoms with E-state index in [9.17, 15) is 0 Å². The number of aromatic nitrogens is 1. The van der Waals surface area contributed by atoms with Crippen molar-refractivity contribution in [3.8, 4) is 11.5 Å². The minimum Gasteiger partial charge on any atom is -0.493 e. The van der Waals surface area contributed by atoms with Gasteiger partial charge in [-0.2, -0.15) is 0 Å². The van der Waals surface area contributed by atoms with Gasteiger partial charge in [-0.05, 0) is 56.5 Å². The van der Waals surface area contributed by atoms with Gasteiger partial charge in [0, 0.05) is 32.4 Å². The fourth-order valence-electron chi connectivity index (χ4n) is 3.12. The number of hydrogen-bond donors (Lipinski definition) is 2. The van der Waals surface area contributed by atoms with E-state index in [-0.39, 0.29) is 0 Å². The maximum Gasteiger partial charge on any atom is 0.191 e. The Morgan fingerprint density at radius 3 is 2.30 bits per heavy atom. The fraction of sp³-hybridized carbons (Fsp3) is 0.478. The van der Waals surface area contributed by atoms with Gasteiger partial charge in [0.15, 0.2) is 17.5 Å². The molecule has 0 saturated heterocycles. The summed E-state index contributed by atoms with van der Waals surface area (Å²) >= 11 is 0. The number of hydrogen-bond acceptors (Lipinski definition) is 5. The lowest BCUT2D eigenvalue weighted by molar-refractivity contribution is 0.354. The molecule has 0 aliphatic heterocycles. The minimum atomic E-state index is 0.581. The van der Waals surface area contributed by atoms with E-state index in [0.29, 0.717) is 6.54 Å². The van der Waals surface area contributed by atoms with E-state index >= 15 is 0 Å². The van der Waals surface area contributed by atoms with Crippen molar-refractivity contribution in [1.29, 1.82) is 0 Å². The minimum absolute atomic E-state index is 0.581. The second-order valence-electron chi connectivity index (χ2n) is 6.76. The summed E-state index contributed by atoms with van der Waals surface area (Å²) < 4.78 is 10.7. The van der Waals surface area contributed by atoms with Crippen LogP contribution in [0.3, 0.4) is 0 Å². The van der Waals surface area contributed by atoms with E-state index in [1.165, 1.54) is 5.56 Å². The molecule has 30 heavy (non-hydrogen) atoms. The van der Waals surface area contributed by atoms with Gasteiger partial charge in [-0.3, -0.25) is 0 Å². The van der Waals surface area contributed by atoms with Crippen molar-refractivity contribution in [2.45, 2.75) is 33.7 Å². The smallest absolute Gasteiger partial charge is 0.191 e. The SMILES string of the molecule is CCNC(=NCc1ccc(N(CC)CC)nc1)NCCc1ccc(OC)c(OC)c1. The highest BCUT2D eigenvalue weighted by Gasteiger charge is 2.06. The zero-order valence-corrected chi connectivity index (χ0v) is 18.9. The molecule has 7 heteroatoms. The normalized spacial score (nSPS) is 11.2. The van der Waals surface area contributed by atoms with Crippen molar-refractivity contribution in [2.75, 3.05) is 45.3 Å². The summed E-state index contributed by atoms with van der Waals surface area (Å²) in [7, 11) is 3.30. The Labute approximate surface area is 180 Å². The second kappa shape index (κ2) is 12.6. The molecule has 0 spiro atoms. The molecular weight excluding hydrogens is 378 g/mol. The highest BCUT2D eigenvalue weighted by atomic mass is 16.5. The molecule has 7 nitrogen and oxygen atoms in total. The molecule has 0 aliphatic carbocycles. The van der Waals surface area contributed by atoms with E-state index < -0.39 is 0 Å². The van der Waals surface area contributed by atoms with Crippen LogP contribution in [-0.4, -0.2) is 51.3 Å². The monoisotopic (exact) mass is 413 g/mol. The number of guanidine groups is 1. The Kier molecular flexibility index (Phi) is 9.77. The van der Waals surface area contributed by atoms with Crippen LogP contribution in [0.4, 0.5) is 5.82 Å². The molecule has 0 aliphatic rings. The molecule has 2 N–H and O–H groups in total. The standard InChI is InChI=1S/C23H35N5O2/c1-6-24-23(25-14-13-18-9-11-20(29-4)21(15-18)30-5)27-17-19-10-12-22(26-16-19)28(7-2)8-3/h9-12,15-16H,6-8,13-14,17H2,1-5H3,(H2,24,25,27). The highest BCUT2D eigenvalue weighted by Crippen LogP contribution is 2.27. The number of ether oxygens (including phenoxy) is 2. The topological polar surface area (TPSA) is 71.0 Å². The third kappa shape index (κ3) is 6.83. The van der Waals surface area contributed by atoms with Gasteiger partial charge in [-0.15, -0.1) is 0 Å². The van der Waals surface area contributed by atoms with E-state index in [1.807, 2.05) is 18.3 Å². The van der Waals surface area contributed by atoms with Gasteiger partial charge in [-0.25, -0.2) is 9.98 Å². The van der Waals surface area contributed by atoms with Gasteiger partial charge in [0.25, 0.3) is 0 Å². The van der Waals surface area contributed by atoms with Crippen molar-refractivity contribution < 1.29 is 9.47 Å². The lowest BCUT2D eigenvalue weighted by atomic mass is 10.1. The lowest BCUT2D eigenvalue weighted by Crippen LogP contribution is -2.38. The van der Waals surface area contributed by atoms with Crippen LogP contribution in [-0.2, 0) is 13.0 Å². The van der Waals surface area contributed by atoms with Crippen LogP contribution in [0.1, 0.15) is 31.9 Å². The molecule has 0 bridgehead atoms. The molecule has 0 radical (unpaired) electrons. The van der Waals surface area contributed by atoms with Gasteiger partial charge in [-0.1, -0.05) is 12.1 Å². The first kappa shape index (κ1) is 23.3. The van der Waals surface area contributed by atoms with Crippen LogP contribution in [0.25, 0.3) is 0 Å². The summed E-state index contributed by atoms with van der Waals surface area (Å²) in [4.78, 5) is 11.5. The van der Waals surface area contributed by atoms with Crippen LogP contribution >= 0.6 is 0 Å². The number of anilines is 1. The quantitative estimate of drug-likeness (QED) is 0.435. The molecule has 2 rings (SSSR count). The summed E-state index contributed by atoms with van der Waals surface area (Å²) in [5.41, 5.74) is 2.26. The van der Waals surface area contributed by atoms with E-state index in [0.717, 1.165) is 61.4 Å². The predicted molar refractivity (Wildman–Crippen MR) is 124 cm³/mol. The Morgan fingerprint density at radius 1 is 0.967 bits per heavy atom. The second-order valence-corrected chi connectivity index (χ2v) is 6.76. The summed E-state index contributed by atoms with van der Waals surface area (Å²) in [5.74, 6) is 3.29. The number of nitrogens with zero attached hydrogens (tertiary/aromatic N) is 3. The summed E-state index contributed by atoms with van der Waals surface area (Å²) in [6.45, 7) is 10.4. The maximum atomic E-state index is 5.38. The first-order valence-electron chi connectivity index (χ1n) is 10.6. The van der Waals surface area contributed by atoms with Gasteiger partial charge in [0.2, 0.25) is 0 Å². The number of pyridine rings is 1. The van der Waals surface area contributed by atoms with Crippen molar-refractivity contribution in [3.05, 3.63) is 47.7 Å². The average molecular weight is 414 g/mol. The fourth-order valence-corrected chi connectivity index (χ4v) is 3.12. The molecular formula is C23H35N5O2. The Balaban J connectivity index is 1.93. The molecule has 0 amide bonds. The molecule has 2 aromatic rings. The Bertz CT molecular complexity index is 789. The molecule has 1 heterocycles. The Hall–Kier alpha value is -2.96. The predicted octanol–water partition coefficient (Wildman–Crippen LogP) is 3.24. The number of rotatable bonds is 11. The molecule has 1 aromatic heterocycles. The molecule has 0 saturated carbocycles. The number of nitrogens with one attached hydrogen (secondary N) is 2. The van der Waals surface area contributed by atoms with E-state index in [4.69, 9.17) is 9.47 Å². The molecule has 0 fully saturated rings. The third-order valence-corrected chi connectivity index (χ3v) is 4.81. The zero-order valence-electron chi connectivity index (χ0n) is 18.9. The van der Waals surface area contributed by atoms with Crippen LogP contribution in [0, 0.1) is 0 Å². The summed E-state index contributed by atoms with van der Waals surface area (Å²) in [6, 6.07) is 10.2. The number of benzene rings is 1. The average Bonchev–Trinajstić information content (AvgIpc) is 2.79. The summed E-state index contributed by atoms with van der Waals surface area (Å²) in [6.07, 6.45) is 2.76. The van der Waals surface area contributed by atoms with Crippen molar-refractivity contribution >= 4 is 11.8 Å². The zero-order chi connectivity index (χ0) is 21.8. The molecule has 0 unspecified atom stereocenters. The van der Waals surface area contributed by atoms with Gasteiger partial charge in [0.05, 0.1) is 20.8 Å². The lowest BCUT2D eigenvalue weighted by Gasteiger charge is -2.19. The number of methoxy groups -OCH3 is 2. The molecule has 164 valence electrons. The first-order chi connectivity index (χ1) is 14.6. The van der Waals surface area contributed by atoms with Crippen molar-refractivity contribution in [3.63, 3.8) is 0 Å². The van der Waals surface area contributed by atoms with Crippen LogP contribution < -0.4 is 25.0 Å². The van der Waals surface area contributed by atoms with Crippen molar-refractivity contribution in [2.24, 2.45) is 4.99 Å². The third-order valence-electron chi connectivity index (χ3n) is 4.81. The largest absolute Gasteiger partial charge is 0.493 e. The van der Waals surface area contributed by atoms with E-state index in [2.05, 4.69) is 64.5 Å². The van der Waals surface area contributed by atoms with Crippen LogP contribution in [0.15, 0.2) is 41.5 Å². The molecule has 0 atom stereocenters. The summed E-state index contributed by atoms with van der Waals surface area (Å²) in [5, 5.41) is 6.68. The van der Waals surface area contributed by atoms with Gasteiger partial charge in [0.1, 0.15) is 5.82 Å². The first-order valence-corrected chi connectivity index (χ1v) is 10.6. The molecule has 1 aromatic carbocycles.